The summed E-state index contributed by atoms with van der Waals surface area (Å²) in [5.41, 5.74) is 4.23. The molecule has 2 atom stereocenters. The molecule has 1 aliphatic heterocycles. The van der Waals surface area contributed by atoms with Gasteiger partial charge in [-0.1, -0.05) is 43.7 Å². The van der Waals surface area contributed by atoms with Crippen molar-refractivity contribution in [2.24, 2.45) is 0 Å². The highest BCUT2D eigenvalue weighted by Gasteiger charge is 2.26. The molecule has 0 bridgehead atoms. The Bertz CT molecular complexity index is 1160. The zero-order chi connectivity index (χ0) is 22.1. The second-order valence-electron chi connectivity index (χ2n) is 8.09. The zero-order valence-electron chi connectivity index (χ0n) is 17.3. The molecule has 6 heteroatoms. The summed E-state index contributed by atoms with van der Waals surface area (Å²) in [5, 5.41) is 11.4. The standard InChI is InChI=1S/C25H23ClFNO3/c1-14(2)25-20(9-8-19-12-18(29)13-23(30)31-19)24(15-3-6-17(27)7-4-15)21-11-16(26)5-10-22(21)28-25/h3-11,14,18-19,29H,12-13H2,1-2H3/b9-8+/t18-,19-/m0/s1. The van der Waals surface area contributed by atoms with E-state index in [2.05, 4.69) is 13.8 Å². The van der Waals surface area contributed by atoms with E-state index in [4.69, 9.17) is 21.3 Å². The number of hydrogen-bond acceptors (Lipinski definition) is 4. The van der Waals surface area contributed by atoms with E-state index < -0.39 is 18.2 Å². The van der Waals surface area contributed by atoms with Crippen molar-refractivity contribution >= 4 is 34.5 Å². The largest absolute Gasteiger partial charge is 0.458 e. The highest BCUT2D eigenvalue weighted by molar-refractivity contribution is 6.31. The van der Waals surface area contributed by atoms with Crippen molar-refractivity contribution in [3.8, 4) is 11.1 Å². The van der Waals surface area contributed by atoms with Gasteiger partial charge in [0, 0.05) is 28.0 Å². The summed E-state index contributed by atoms with van der Waals surface area (Å²) < 4.78 is 19.0. The Morgan fingerprint density at radius 2 is 1.97 bits per heavy atom. The quantitative estimate of drug-likeness (QED) is 0.514. The lowest BCUT2D eigenvalue weighted by atomic mass is 9.90. The minimum atomic E-state index is -0.717. The van der Waals surface area contributed by atoms with Gasteiger partial charge in [0.25, 0.3) is 0 Å². The molecule has 0 amide bonds. The van der Waals surface area contributed by atoms with Gasteiger partial charge in [-0.05, 0) is 47.9 Å². The lowest BCUT2D eigenvalue weighted by molar-refractivity contribution is -0.156. The first-order chi connectivity index (χ1) is 14.8. The number of esters is 1. The fourth-order valence-electron chi connectivity index (χ4n) is 3.94. The minimum absolute atomic E-state index is 0.0123. The Morgan fingerprint density at radius 1 is 1.23 bits per heavy atom. The molecule has 0 radical (unpaired) electrons. The molecule has 4 nitrogen and oxygen atoms in total. The van der Waals surface area contributed by atoms with Crippen LogP contribution < -0.4 is 0 Å². The molecule has 1 saturated heterocycles. The molecule has 2 aromatic carbocycles. The number of aromatic nitrogens is 1. The normalized spacial score (nSPS) is 19.4. The first-order valence-electron chi connectivity index (χ1n) is 10.3. The summed E-state index contributed by atoms with van der Waals surface area (Å²) in [6.45, 7) is 4.11. The second-order valence-corrected chi connectivity index (χ2v) is 8.53. The number of ether oxygens (including phenoxy) is 1. The lowest BCUT2D eigenvalue weighted by Crippen LogP contribution is -2.31. The van der Waals surface area contributed by atoms with Gasteiger partial charge in [-0.15, -0.1) is 0 Å². The van der Waals surface area contributed by atoms with E-state index in [1.807, 2.05) is 18.2 Å². The minimum Gasteiger partial charge on any atom is -0.458 e. The number of rotatable bonds is 4. The molecule has 160 valence electrons. The van der Waals surface area contributed by atoms with Crippen LogP contribution in [0.15, 0.2) is 48.5 Å². The van der Waals surface area contributed by atoms with Crippen LogP contribution in [-0.4, -0.2) is 28.3 Å². The summed E-state index contributed by atoms with van der Waals surface area (Å²) in [6, 6.07) is 11.8. The van der Waals surface area contributed by atoms with Gasteiger partial charge in [0.05, 0.1) is 23.7 Å². The number of benzene rings is 2. The van der Waals surface area contributed by atoms with Crippen LogP contribution in [-0.2, 0) is 9.53 Å². The van der Waals surface area contributed by atoms with Gasteiger partial charge in [0.2, 0.25) is 0 Å². The number of carbonyl (C=O) groups is 1. The van der Waals surface area contributed by atoms with Gasteiger partial charge in [0.15, 0.2) is 0 Å². The van der Waals surface area contributed by atoms with Crippen molar-refractivity contribution in [1.82, 2.24) is 4.98 Å². The number of aliphatic hydroxyl groups is 1. The molecule has 0 saturated carbocycles. The average Bonchev–Trinajstić information content (AvgIpc) is 2.71. The maximum atomic E-state index is 13.6. The predicted octanol–water partition coefficient (Wildman–Crippen LogP) is 5.90. The van der Waals surface area contributed by atoms with Gasteiger partial charge in [-0.2, -0.15) is 0 Å². The second kappa shape index (κ2) is 8.77. The number of carbonyl (C=O) groups excluding carboxylic acids is 1. The Kier molecular flexibility index (Phi) is 6.08. The van der Waals surface area contributed by atoms with Gasteiger partial charge in [-0.3, -0.25) is 9.78 Å². The molecule has 3 aromatic rings. The first kappa shape index (κ1) is 21.5. The van der Waals surface area contributed by atoms with E-state index in [0.29, 0.717) is 11.4 Å². The van der Waals surface area contributed by atoms with Crippen molar-refractivity contribution in [3.63, 3.8) is 0 Å². The van der Waals surface area contributed by atoms with E-state index in [0.717, 1.165) is 33.3 Å². The highest BCUT2D eigenvalue weighted by Crippen LogP contribution is 2.38. The summed E-state index contributed by atoms with van der Waals surface area (Å²) in [5.74, 6) is -0.623. The highest BCUT2D eigenvalue weighted by atomic mass is 35.5. The Balaban J connectivity index is 1.94. The number of halogens is 2. The van der Waals surface area contributed by atoms with E-state index in [1.54, 1.807) is 24.3 Å². The van der Waals surface area contributed by atoms with Crippen molar-refractivity contribution < 1.29 is 19.0 Å². The molecule has 2 heterocycles. The Labute approximate surface area is 185 Å². The number of fused-ring (bicyclic) bond motifs is 1. The van der Waals surface area contributed by atoms with Crippen molar-refractivity contribution in [3.05, 3.63) is 70.6 Å². The molecular formula is C25H23ClFNO3. The predicted molar refractivity (Wildman–Crippen MR) is 120 cm³/mol. The van der Waals surface area contributed by atoms with Crippen LogP contribution in [0.1, 0.15) is 43.9 Å². The lowest BCUT2D eigenvalue weighted by Gasteiger charge is -2.24. The average molecular weight is 440 g/mol. The van der Waals surface area contributed by atoms with Crippen LogP contribution in [0, 0.1) is 5.82 Å². The summed E-state index contributed by atoms with van der Waals surface area (Å²) in [4.78, 5) is 16.6. The smallest absolute Gasteiger partial charge is 0.309 e. The fourth-order valence-corrected chi connectivity index (χ4v) is 4.11. The first-order valence-corrected chi connectivity index (χ1v) is 10.6. The monoisotopic (exact) mass is 439 g/mol. The molecule has 0 aliphatic carbocycles. The zero-order valence-corrected chi connectivity index (χ0v) is 18.1. The molecule has 1 aromatic heterocycles. The fraction of sp³-hybridized carbons (Fsp3) is 0.280. The van der Waals surface area contributed by atoms with E-state index in [-0.39, 0.29) is 18.2 Å². The molecule has 1 aliphatic rings. The van der Waals surface area contributed by atoms with E-state index in [9.17, 15) is 14.3 Å². The number of aliphatic hydroxyl groups excluding tert-OH is 1. The Morgan fingerprint density at radius 3 is 2.65 bits per heavy atom. The number of hydrogen-bond donors (Lipinski definition) is 1. The van der Waals surface area contributed by atoms with Crippen molar-refractivity contribution in [2.75, 3.05) is 0 Å². The van der Waals surface area contributed by atoms with Crippen LogP contribution >= 0.6 is 11.6 Å². The van der Waals surface area contributed by atoms with Crippen LogP contribution in [0.25, 0.3) is 28.1 Å². The SMILES string of the molecule is CC(C)c1nc2ccc(Cl)cc2c(-c2ccc(F)cc2)c1/C=C/[C@H]1C[C@H](O)CC(=O)O1. The third-order valence-electron chi connectivity index (χ3n) is 5.36. The van der Waals surface area contributed by atoms with E-state index >= 15 is 0 Å². The molecular weight excluding hydrogens is 417 g/mol. The van der Waals surface area contributed by atoms with Crippen LogP contribution in [0.4, 0.5) is 4.39 Å². The third kappa shape index (κ3) is 4.63. The van der Waals surface area contributed by atoms with Crippen molar-refractivity contribution in [1.29, 1.82) is 0 Å². The molecule has 1 N–H and O–H groups in total. The topological polar surface area (TPSA) is 59.4 Å². The molecule has 0 unspecified atom stereocenters. The van der Waals surface area contributed by atoms with Crippen LogP contribution in [0.5, 0.6) is 0 Å². The van der Waals surface area contributed by atoms with Crippen LogP contribution in [0.2, 0.25) is 5.02 Å². The van der Waals surface area contributed by atoms with Crippen molar-refractivity contribution in [2.45, 2.75) is 44.8 Å². The van der Waals surface area contributed by atoms with Gasteiger partial charge >= 0.3 is 5.97 Å². The van der Waals surface area contributed by atoms with E-state index in [1.165, 1.54) is 12.1 Å². The van der Waals surface area contributed by atoms with Gasteiger partial charge in [0.1, 0.15) is 11.9 Å². The summed E-state index contributed by atoms with van der Waals surface area (Å²) in [6.07, 6.45) is 2.79. The Hall–Kier alpha value is -2.76. The van der Waals surface area contributed by atoms with Crippen LogP contribution in [0.3, 0.4) is 0 Å². The molecule has 0 spiro atoms. The third-order valence-corrected chi connectivity index (χ3v) is 5.60. The summed E-state index contributed by atoms with van der Waals surface area (Å²) in [7, 11) is 0. The maximum Gasteiger partial charge on any atom is 0.309 e. The van der Waals surface area contributed by atoms with Gasteiger partial charge < -0.3 is 9.84 Å². The molecule has 4 rings (SSSR count). The summed E-state index contributed by atoms with van der Waals surface area (Å²) >= 11 is 6.30. The number of pyridine rings is 1. The van der Waals surface area contributed by atoms with Gasteiger partial charge in [-0.25, -0.2) is 4.39 Å². The number of cyclic esters (lactones) is 1. The number of nitrogens with zero attached hydrogens (tertiary/aromatic N) is 1. The molecule has 1 fully saturated rings. The maximum absolute atomic E-state index is 13.6. The molecule has 31 heavy (non-hydrogen) atoms.